The summed E-state index contributed by atoms with van der Waals surface area (Å²) in [5.41, 5.74) is 5.83. The maximum absolute atomic E-state index is 12.4. The Balaban J connectivity index is 1.25. The van der Waals surface area contributed by atoms with Crippen LogP contribution in [0.15, 0.2) is 60.9 Å². The average molecular weight is 558 g/mol. The van der Waals surface area contributed by atoms with E-state index in [0.29, 0.717) is 11.7 Å². The fourth-order valence-electron chi connectivity index (χ4n) is 5.25. The Morgan fingerprint density at radius 2 is 1.65 bits per heavy atom. The summed E-state index contributed by atoms with van der Waals surface area (Å²) < 4.78 is 6.84. The lowest BCUT2D eigenvalue weighted by atomic mass is 10.0. The minimum atomic E-state index is -0.303. The fourth-order valence-corrected chi connectivity index (χ4v) is 6.33. The van der Waals surface area contributed by atoms with Gasteiger partial charge in [0.2, 0.25) is 0 Å². The van der Waals surface area contributed by atoms with Crippen molar-refractivity contribution in [2.45, 2.75) is 19.9 Å². The molecule has 40 heavy (non-hydrogen) atoms. The summed E-state index contributed by atoms with van der Waals surface area (Å²) in [5, 5.41) is 6.79. The number of aromatic nitrogens is 2. The van der Waals surface area contributed by atoms with Crippen LogP contribution in [0.5, 0.6) is 0 Å². The van der Waals surface area contributed by atoms with E-state index in [9.17, 15) is 4.79 Å². The van der Waals surface area contributed by atoms with E-state index < -0.39 is 0 Å². The van der Waals surface area contributed by atoms with Gasteiger partial charge < -0.3 is 25.2 Å². The molecule has 4 heterocycles. The van der Waals surface area contributed by atoms with Crippen LogP contribution >= 0.6 is 11.3 Å². The third-order valence-corrected chi connectivity index (χ3v) is 8.59. The number of fused-ring (bicyclic) bond motifs is 1. The zero-order valence-corrected chi connectivity index (χ0v) is 23.8. The second kappa shape index (κ2) is 11.8. The van der Waals surface area contributed by atoms with E-state index >= 15 is 0 Å². The third kappa shape index (κ3) is 5.89. The Labute approximate surface area is 238 Å². The summed E-state index contributed by atoms with van der Waals surface area (Å²) in [6.07, 6.45) is 3.28. The normalized spacial score (nSPS) is 16.5. The first-order chi connectivity index (χ1) is 19.5. The predicted octanol–water partition coefficient (Wildman–Crippen LogP) is 5.37. The number of amides is 2. The van der Waals surface area contributed by atoms with Crippen LogP contribution in [0, 0.1) is 0 Å². The molecule has 2 aliphatic heterocycles. The maximum Gasteiger partial charge on any atom is 0.323 e. The monoisotopic (exact) mass is 557 g/mol. The molecule has 0 unspecified atom stereocenters. The zero-order valence-electron chi connectivity index (χ0n) is 23.0. The number of ether oxygens (including phenoxy) is 1. The van der Waals surface area contributed by atoms with E-state index in [1.165, 1.54) is 4.70 Å². The van der Waals surface area contributed by atoms with E-state index in [-0.39, 0.29) is 6.03 Å². The van der Waals surface area contributed by atoms with Gasteiger partial charge in [-0.1, -0.05) is 23.5 Å². The summed E-state index contributed by atoms with van der Waals surface area (Å²) in [6, 6.07) is 16.3. The molecular formula is C30H35N7O2S. The molecule has 10 heteroatoms. The molecule has 0 saturated carbocycles. The molecule has 0 aliphatic carbocycles. The van der Waals surface area contributed by atoms with Gasteiger partial charge in [-0.05, 0) is 61.4 Å². The average Bonchev–Trinajstić information content (AvgIpc) is 3.42. The van der Waals surface area contributed by atoms with Crippen molar-refractivity contribution in [2.24, 2.45) is 0 Å². The quantitative estimate of drug-likeness (QED) is 0.330. The second-order valence-electron chi connectivity index (χ2n) is 10.5. The highest BCUT2D eigenvalue weighted by molar-refractivity contribution is 7.22. The van der Waals surface area contributed by atoms with E-state index in [1.807, 2.05) is 12.1 Å². The number of hydrogen-bond acceptors (Lipinski definition) is 8. The topological polar surface area (TPSA) is 85.9 Å². The van der Waals surface area contributed by atoms with Gasteiger partial charge in [0.05, 0.1) is 35.5 Å². The first-order valence-corrected chi connectivity index (χ1v) is 14.7. The summed E-state index contributed by atoms with van der Waals surface area (Å²) in [7, 11) is 0. The number of nitrogens with zero attached hydrogens (tertiary/aromatic N) is 5. The number of morpholine rings is 1. The van der Waals surface area contributed by atoms with Crippen molar-refractivity contribution in [1.82, 2.24) is 14.9 Å². The van der Waals surface area contributed by atoms with Crippen LogP contribution in [0.25, 0.3) is 21.3 Å². The molecule has 0 atom stereocenters. The molecule has 4 aromatic rings. The van der Waals surface area contributed by atoms with E-state index in [2.05, 4.69) is 68.4 Å². The Kier molecular flexibility index (Phi) is 7.81. The number of anilines is 4. The molecular weight excluding hydrogens is 522 g/mol. The molecule has 0 bridgehead atoms. The lowest BCUT2D eigenvalue weighted by Crippen LogP contribution is -2.48. The van der Waals surface area contributed by atoms with Gasteiger partial charge in [0.25, 0.3) is 0 Å². The third-order valence-electron chi connectivity index (χ3n) is 7.53. The van der Waals surface area contributed by atoms with Gasteiger partial charge in [-0.25, -0.2) is 9.78 Å². The summed E-state index contributed by atoms with van der Waals surface area (Å²) in [4.78, 5) is 29.0. The van der Waals surface area contributed by atoms with Crippen molar-refractivity contribution in [3.8, 4) is 11.1 Å². The fraction of sp³-hybridized carbons (Fsp3) is 0.367. The number of pyridine rings is 1. The van der Waals surface area contributed by atoms with Crippen molar-refractivity contribution in [3.05, 3.63) is 60.9 Å². The Hall–Kier alpha value is -3.73. The van der Waals surface area contributed by atoms with Crippen LogP contribution in [0.4, 0.5) is 27.0 Å². The van der Waals surface area contributed by atoms with Crippen LogP contribution in [-0.4, -0.2) is 79.4 Å². The van der Waals surface area contributed by atoms with Crippen molar-refractivity contribution in [3.63, 3.8) is 0 Å². The molecule has 2 saturated heterocycles. The first kappa shape index (κ1) is 26.5. The second-order valence-corrected chi connectivity index (χ2v) is 11.5. The standard InChI is InChI=1S/C30H35N7O2S/c1-21(2)35-10-12-37(13-11-35)30-34-28-26(36-14-16-39-17-15-36)18-23(19-27(28)40-30)22-5-7-24(8-6-22)32-29(38)33-25-4-3-9-31-20-25/h3-9,18-21H,10-17H2,1-2H3,(H2,32,33,38). The number of thiazole rings is 1. The Morgan fingerprint density at radius 1 is 0.900 bits per heavy atom. The van der Waals surface area contributed by atoms with E-state index in [4.69, 9.17) is 9.72 Å². The highest BCUT2D eigenvalue weighted by atomic mass is 32.1. The molecule has 2 aliphatic rings. The first-order valence-electron chi connectivity index (χ1n) is 13.9. The van der Waals surface area contributed by atoms with Gasteiger partial charge >= 0.3 is 6.03 Å². The molecule has 208 valence electrons. The number of carbonyl (C=O) groups is 1. The number of nitrogens with one attached hydrogen (secondary N) is 2. The van der Waals surface area contributed by atoms with Gasteiger partial charge in [0, 0.05) is 57.2 Å². The zero-order chi connectivity index (χ0) is 27.5. The highest BCUT2D eigenvalue weighted by Crippen LogP contribution is 2.39. The van der Waals surface area contributed by atoms with Gasteiger partial charge in [0.1, 0.15) is 5.52 Å². The number of hydrogen-bond donors (Lipinski definition) is 2. The molecule has 9 nitrogen and oxygen atoms in total. The number of piperazine rings is 1. The van der Waals surface area contributed by atoms with E-state index in [0.717, 1.165) is 85.6 Å². The molecule has 6 rings (SSSR count). The SMILES string of the molecule is CC(C)N1CCN(c2nc3c(N4CCOCC4)cc(-c4ccc(NC(=O)Nc5cccnc5)cc4)cc3s2)CC1. The van der Waals surface area contributed by atoms with Gasteiger partial charge in [-0.2, -0.15) is 0 Å². The van der Waals surface area contributed by atoms with Crippen LogP contribution < -0.4 is 20.4 Å². The van der Waals surface area contributed by atoms with Crippen molar-refractivity contribution in [1.29, 1.82) is 0 Å². The molecule has 2 aromatic heterocycles. The molecule has 2 fully saturated rings. The summed E-state index contributed by atoms with van der Waals surface area (Å²) in [6.45, 7) is 11.8. The number of rotatable bonds is 6. The van der Waals surface area contributed by atoms with Crippen LogP contribution in [0.1, 0.15) is 13.8 Å². The maximum atomic E-state index is 12.4. The van der Waals surface area contributed by atoms with E-state index in [1.54, 1.807) is 35.9 Å². The lowest BCUT2D eigenvalue weighted by Gasteiger charge is -2.36. The van der Waals surface area contributed by atoms with Crippen LogP contribution in [0.2, 0.25) is 0 Å². The Bertz CT molecular complexity index is 1440. The van der Waals surface area contributed by atoms with Crippen molar-refractivity contribution < 1.29 is 9.53 Å². The van der Waals surface area contributed by atoms with Gasteiger partial charge in [-0.3, -0.25) is 9.88 Å². The Morgan fingerprint density at radius 3 is 2.35 bits per heavy atom. The molecule has 0 spiro atoms. The van der Waals surface area contributed by atoms with Crippen molar-refractivity contribution >= 4 is 49.8 Å². The van der Waals surface area contributed by atoms with Crippen LogP contribution in [0.3, 0.4) is 0 Å². The molecule has 0 radical (unpaired) electrons. The predicted molar refractivity (Wildman–Crippen MR) is 164 cm³/mol. The summed E-state index contributed by atoms with van der Waals surface area (Å²) in [5.74, 6) is 0. The highest BCUT2D eigenvalue weighted by Gasteiger charge is 2.24. The lowest BCUT2D eigenvalue weighted by molar-refractivity contribution is 0.123. The van der Waals surface area contributed by atoms with Gasteiger partial charge in [-0.15, -0.1) is 0 Å². The minimum absolute atomic E-state index is 0.303. The largest absolute Gasteiger partial charge is 0.378 e. The van der Waals surface area contributed by atoms with Crippen LogP contribution in [-0.2, 0) is 4.74 Å². The molecule has 2 amide bonds. The smallest absolute Gasteiger partial charge is 0.323 e. The summed E-state index contributed by atoms with van der Waals surface area (Å²) >= 11 is 1.78. The van der Waals surface area contributed by atoms with Crippen molar-refractivity contribution in [2.75, 3.05) is 72.9 Å². The molecule has 2 N–H and O–H groups in total. The van der Waals surface area contributed by atoms with Gasteiger partial charge in [0.15, 0.2) is 5.13 Å². The minimum Gasteiger partial charge on any atom is -0.378 e. The molecule has 2 aromatic carbocycles. The number of benzene rings is 2. The number of urea groups is 1. The number of carbonyl (C=O) groups excluding carboxylic acids is 1.